The van der Waals surface area contributed by atoms with Crippen LogP contribution < -0.4 is 5.32 Å². The topological polar surface area (TPSA) is 58.5 Å². The zero-order chi connectivity index (χ0) is 31.3. The minimum atomic E-state index is -0.260. The summed E-state index contributed by atoms with van der Waals surface area (Å²) in [5.74, 6) is 1.17. The molecule has 2 atom stereocenters. The van der Waals surface area contributed by atoms with Gasteiger partial charge in [0.2, 0.25) is 0 Å². The number of carbonyl (C=O) groups excluding carboxylic acids is 2. The van der Waals surface area contributed by atoms with Crippen LogP contribution in [0.2, 0.25) is 0 Å². The summed E-state index contributed by atoms with van der Waals surface area (Å²) in [5, 5.41) is 3.43. The first-order valence-corrected chi connectivity index (χ1v) is 19.4. The van der Waals surface area contributed by atoms with E-state index in [1.807, 2.05) is 0 Å². The van der Waals surface area contributed by atoms with E-state index in [0.29, 0.717) is 19.4 Å². The van der Waals surface area contributed by atoms with Crippen LogP contribution in [0, 0.1) is 5.41 Å². The Morgan fingerprint density at radius 3 is 1.42 bits per heavy atom. The van der Waals surface area contributed by atoms with E-state index in [-0.39, 0.29) is 17.2 Å². The van der Waals surface area contributed by atoms with Crippen molar-refractivity contribution in [1.29, 1.82) is 0 Å². The molecule has 0 spiro atoms. The van der Waals surface area contributed by atoms with Crippen molar-refractivity contribution < 1.29 is 9.59 Å². The Labute approximate surface area is 268 Å². The van der Waals surface area contributed by atoms with Crippen molar-refractivity contribution in [3.8, 4) is 0 Å². The van der Waals surface area contributed by atoms with Crippen LogP contribution in [0.15, 0.2) is 4.99 Å². The van der Waals surface area contributed by atoms with Gasteiger partial charge in [-0.05, 0) is 12.8 Å². The van der Waals surface area contributed by atoms with Crippen molar-refractivity contribution >= 4 is 17.9 Å². The molecule has 0 saturated heterocycles. The van der Waals surface area contributed by atoms with Crippen molar-refractivity contribution in [1.82, 2.24) is 5.32 Å². The molecule has 0 bridgehead atoms. The quantitative estimate of drug-likeness (QED) is 0.0600. The molecule has 0 aliphatic carbocycles. The molecule has 0 saturated carbocycles. The Bertz CT molecular complexity index is 691. The zero-order valence-electron chi connectivity index (χ0n) is 29.3. The van der Waals surface area contributed by atoms with Crippen LogP contribution in [0.1, 0.15) is 213 Å². The average molecular weight is 603 g/mol. The van der Waals surface area contributed by atoms with Gasteiger partial charge in [0.15, 0.2) is 5.78 Å². The number of aliphatic imine (C=N–C) groups is 1. The average Bonchev–Trinajstić information content (AvgIpc) is 3.51. The minimum Gasteiger partial charge on any atom is -0.371 e. The van der Waals surface area contributed by atoms with Gasteiger partial charge in [0, 0.05) is 24.8 Å². The molecular formula is C39H74N2O2. The molecule has 4 heteroatoms. The summed E-state index contributed by atoms with van der Waals surface area (Å²) in [6, 6.07) is -0.255. The molecule has 1 aliphatic rings. The van der Waals surface area contributed by atoms with Gasteiger partial charge in [-0.1, -0.05) is 188 Å². The van der Waals surface area contributed by atoms with Crippen LogP contribution in [0.3, 0.4) is 0 Å². The maximum absolute atomic E-state index is 12.9. The number of hydrogen-bond acceptors (Lipinski definition) is 4. The summed E-state index contributed by atoms with van der Waals surface area (Å²) in [4.78, 5) is 29.2. The van der Waals surface area contributed by atoms with Crippen molar-refractivity contribution in [2.24, 2.45) is 10.4 Å². The number of nitrogens with zero attached hydrogens (tertiary/aromatic N) is 1. The van der Waals surface area contributed by atoms with Gasteiger partial charge in [0.25, 0.3) is 0 Å². The standard InChI is InChI=1S/C39H74N2O2/c1-4-6-8-10-12-14-16-18-19-20-21-23-25-27-29-31-37(43)36-35-40-38(41-36)39(3,33-34-42)32-30-28-26-24-22-17-15-13-11-9-7-5-2/h34,36H,4-33,35H2,1-3H3,(H,40,41). The lowest BCUT2D eigenvalue weighted by Crippen LogP contribution is -2.37. The van der Waals surface area contributed by atoms with E-state index in [1.165, 1.54) is 154 Å². The van der Waals surface area contributed by atoms with Crippen LogP contribution >= 0.6 is 0 Å². The first-order chi connectivity index (χ1) is 21.1. The molecule has 0 aromatic heterocycles. The fourth-order valence-corrected chi connectivity index (χ4v) is 6.69. The second kappa shape index (κ2) is 28.3. The van der Waals surface area contributed by atoms with E-state index in [2.05, 4.69) is 26.1 Å². The normalized spacial score (nSPS) is 16.2. The van der Waals surface area contributed by atoms with Crippen LogP contribution in [0.25, 0.3) is 0 Å². The summed E-state index contributed by atoms with van der Waals surface area (Å²) < 4.78 is 0. The molecule has 1 heterocycles. The van der Waals surface area contributed by atoms with Crippen LogP contribution in [0.4, 0.5) is 0 Å². The maximum Gasteiger partial charge on any atom is 0.159 e. The third-order valence-electron chi connectivity index (χ3n) is 9.83. The molecule has 0 amide bonds. The number of rotatable bonds is 33. The zero-order valence-corrected chi connectivity index (χ0v) is 29.3. The molecule has 1 rings (SSSR count). The second-order valence-electron chi connectivity index (χ2n) is 14.1. The van der Waals surface area contributed by atoms with E-state index in [9.17, 15) is 9.59 Å². The fraction of sp³-hybridized carbons (Fsp3) is 0.923. The SMILES string of the molecule is CCCCCCCCCCCCCCCCCC(=O)C1CNC(C(C)(CC=O)CCCCCCCCCCCCCC)=N1. The summed E-state index contributed by atoms with van der Waals surface area (Å²) in [7, 11) is 0. The predicted molar refractivity (Wildman–Crippen MR) is 188 cm³/mol. The highest BCUT2D eigenvalue weighted by molar-refractivity contribution is 5.96. The van der Waals surface area contributed by atoms with Gasteiger partial charge in [0.05, 0.1) is 0 Å². The number of nitrogens with one attached hydrogen (secondary N) is 1. The number of aldehydes is 1. The number of unbranched alkanes of at least 4 members (excludes halogenated alkanes) is 25. The molecule has 0 radical (unpaired) electrons. The molecule has 2 unspecified atom stereocenters. The van der Waals surface area contributed by atoms with E-state index in [0.717, 1.165) is 37.8 Å². The highest BCUT2D eigenvalue weighted by Gasteiger charge is 2.35. The first-order valence-electron chi connectivity index (χ1n) is 19.4. The van der Waals surface area contributed by atoms with Gasteiger partial charge in [-0.25, -0.2) is 0 Å². The molecular weight excluding hydrogens is 528 g/mol. The molecule has 4 nitrogen and oxygen atoms in total. The molecule has 0 aromatic rings. The molecule has 252 valence electrons. The largest absolute Gasteiger partial charge is 0.371 e. The number of ketones is 1. The molecule has 0 fully saturated rings. The number of carbonyl (C=O) groups is 2. The fourth-order valence-electron chi connectivity index (χ4n) is 6.69. The van der Waals surface area contributed by atoms with Gasteiger partial charge < -0.3 is 10.1 Å². The summed E-state index contributed by atoms with van der Waals surface area (Å²) >= 11 is 0. The van der Waals surface area contributed by atoms with E-state index >= 15 is 0 Å². The van der Waals surface area contributed by atoms with E-state index in [4.69, 9.17) is 4.99 Å². The highest BCUT2D eigenvalue weighted by atomic mass is 16.1. The van der Waals surface area contributed by atoms with Gasteiger partial charge in [-0.3, -0.25) is 9.79 Å². The maximum atomic E-state index is 12.9. The van der Waals surface area contributed by atoms with Crippen molar-refractivity contribution in [2.75, 3.05) is 6.54 Å². The Kier molecular flexibility index (Phi) is 26.2. The Morgan fingerprint density at radius 2 is 1.02 bits per heavy atom. The van der Waals surface area contributed by atoms with Gasteiger partial charge in [-0.2, -0.15) is 0 Å². The number of amidine groups is 1. The second-order valence-corrected chi connectivity index (χ2v) is 14.1. The lowest BCUT2D eigenvalue weighted by molar-refractivity contribution is -0.120. The molecule has 0 aromatic carbocycles. The Hall–Kier alpha value is -1.19. The smallest absolute Gasteiger partial charge is 0.159 e. The monoisotopic (exact) mass is 603 g/mol. The van der Waals surface area contributed by atoms with E-state index < -0.39 is 0 Å². The highest BCUT2D eigenvalue weighted by Crippen LogP contribution is 2.31. The summed E-state index contributed by atoms with van der Waals surface area (Å²) in [6.07, 6.45) is 39.3. The number of Topliss-reactive ketones (excluding diaryl/α,β-unsaturated/α-hetero) is 1. The summed E-state index contributed by atoms with van der Waals surface area (Å²) in [5.41, 5.74) is -0.260. The van der Waals surface area contributed by atoms with Crippen LogP contribution in [-0.4, -0.2) is 30.5 Å². The lowest BCUT2D eigenvalue weighted by atomic mass is 9.80. The van der Waals surface area contributed by atoms with Crippen molar-refractivity contribution in [3.63, 3.8) is 0 Å². The molecule has 1 N–H and O–H groups in total. The van der Waals surface area contributed by atoms with Gasteiger partial charge in [0.1, 0.15) is 18.2 Å². The lowest BCUT2D eigenvalue weighted by Gasteiger charge is -2.28. The predicted octanol–water partition coefficient (Wildman–Crippen LogP) is 11.9. The van der Waals surface area contributed by atoms with Crippen molar-refractivity contribution in [2.45, 2.75) is 219 Å². The number of hydrogen-bond donors (Lipinski definition) is 1. The third-order valence-corrected chi connectivity index (χ3v) is 9.83. The van der Waals surface area contributed by atoms with Crippen LogP contribution in [0.5, 0.6) is 0 Å². The van der Waals surface area contributed by atoms with Crippen molar-refractivity contribution in [3.05, 3.63) is 0 Å². The molecule has 1 aliphatic heterocycles. The third kappa shape index (κ3) is 21.2. The minimum absolute atomic E-state index is 0.255. The van der Waals surface area contributed by atoms with Gasteiger partial charge in [-0.15, -0.1) is 0 Å². The van der Waals surface area contributed by atoms with Crippen LogP contribution in [-0.2, 0) is 9.59 Å². The van der Waals surface area contributed by atoms with E-state index in [1.54, 1.807) is 0 Å². The first kappa shape index (κ1) is 39.8. The Morgan fingerprint density at radius 1 is 0.651 bits per heavy atom. The summed E-state index contributed by atoms with van der Waals surface area (Å²) in [6.45, 7) is 7.33. The molecule has 43 heavy (non-hydrogen) atoms. The van der Waals surface area contributed by atoms with Gasteiger partial charge >= 0.3 is 0 Å². The Balaban J connectivity index is 2.11.